The van der Waals surface area contributed by atoms with Crippen LogP contribution < -0.4 is 15.4 Å². The van der Waals surface area contributed by atoms with Crippen molar-refractivity contribution in [3.8, 4) is 11.8 Å². The minimum Gasteiger partial charge on any atom is -0.487 e. The number of nitrogens with two attached hydrogens (primary N) is 1. The third-order valence-electron chi connectivity index (χ3n) is 7.49. The van der Waals surface area contributed by atoms with Crippen molar-refractivity contribution in [3.05, 3.63) is 116 Å². The number of Topliss-reactive ketones (excluding diaryl/α,β-unsaturated/α-hetero) is 1. The molecule has 0 radical (unpaired) electrons. The molecule has 0 saturated carbocycles. The summed E-state index contributed by atoms with van der Waals surface area (Å²) >= 11 is 6.16. The van der Waals surface area contributed by atoms with Crippen LogP contribution in [-0.4, -0.2) is 5.78 Å². The number of allylic oxidation sites excluding steroid dienone is 3. The zero-order valence-corrected chi connectivity index (χ0v) is 22.9. The summed E-state index contributed by atoms with van der Waals surface area (Å²) in [4.78, 5) is 15.4. The molecule has 7 heteroatoms. The van der Waals surface area contributed by atoms with Crippen molar-refractivity contribution in [1.29, 1.82) is 5.26 Å². The van der Waals surface area contributed by atoms with E-state index in [2.05, 4.69) is 6.07 Å². The molecule has 0 fully saturated rings. The molecule has 1 aliphatic carbocycles. The number of hydrogen-bond acceptors (Lipinski definition) is 5. The van der Waals surface area contributed by atoms with E-state index in [1.54, 1.807) is 0 Å². The van der Waals surface area contributed by atoms with E-state index in [-0.39, 0.29) is 17.4 Å². The zero-order chi connectivity index (χ0) is 27.8. The number of ether oxygens (including phenoxy) is 1. The molecule has 1 unspecified atom stereocenters. The Bertz CT molecular complexity index is 1600. The van der Waals surface area contributed by atoms with E-state index in [0.717, 1.165) is 45.6 Å². The maximum atomic E-state index is 13.5. The normalized spacial score (nSPS) is 17.3. The van der Waals surface area contributed by atoms with E-state index < -0.39 is 11.7 Å². The quantitative estimate of drug-likeness (QED) is 0.367. The van der Waals surface area contributed by atoms with E-state index in [1.807, 2.05) is 62.1 Å². The highest BCUT2D eigenvalue weighted by Crippen LogP contribution is 2.47. The Balaban J connectivity index is 1.62. The summed E-state index contributed by atoms with van der Waals surface area (Å²) in [5.74, 6) is -0.256. The maximum absolute atomic E-state index is 13.5. The van der Waals surface area contributed by atoms with Crippen LogP contribution in [0.1, 0.15) is 53.0 Å². The number of benzene rings is 3. The van der Waals surface area contributed by atoms with Gasteiger partial charge in [-0.15, -0.1) is 0 Å². The molecule has 3 aromatic rings. The van der Waals surface area contributed by atoms with Gasteiger partial charge in [-0.05, 0) is 91.8 Å². The number of carbonyl (C=O) groups is 1. The molecule has 0 amide bonds. The maximum Gasteiger partial charge on any atom is 0.161 e. The van der Waals surface area contributed by atoms with Crippen LogP contribution in [0, 0.1) is 37.9 Å². The summed E-state index contributed by atoms with van der Waals surface area (Å²) in [7, 11) is 0. The van der Waals surface area contributed by atoms with Gasteiger partial charge in [0.15, 0.2) is 5.78 Å². The highest BCUT2D eigenvalue weighted by molar-refractivity contribution is 6.32. The van der Waals surface area contributed by atoms with Crippen LogP contribution in [0.3, 0.4) is 0 Å². The van der Waals surface area contributed by atoms with Gasteiger partial charge in [-0.3, -0.25) is 9.69 Å². The highest BCUT2D eigenvalue weighted by Gasteiger charge is 2.41. The first-order valence-corrected chi connectivity index (χ1v) is 13.3. The van der Waals surface area contributed by atoms with Crippen LogP contribution in [0.4, 0.5) is 10.1 Å². The molecule has 2 aliphatic rings. The Morgan fingerprint density at radius 1 is 1.10 bits per heavy atom. The van der Waals surface area contributed by atoms with E-state index in [1.165, 1.54) is 18.2 Å². The van der Waals surface area contributed by atoms with Crippen molar-refractivity contribution in [3.63, 3.8) is 0 Å². The monoisotopic (exact) mass is 541 g/mol. The first-order valence-electron chi connectivity index (χ1n) is 12.9. The molecule has 0 bridgehead atoms. The van der Waals surface area contributed by atoms with Crippen molar-refractivity contribution >= 4 is 23.1 Å². The summed E-state index contributed by atoms with van der Waals surface area (Å²) < 4.78 is 19.4. The molecule has 0 spiro atoms. The lowest BCUT2D eigenvalue weighted by atomic mass is 9.74. The van der Waals surface area contributed by atoms with Crippen LogP contribution in [0.15, 0.2) is 77.3 Å². The second-order valence-corrected chi connectivity index (χ2v) is 10.6. The number of halogens is 2. The van der Waals surface area contributed by atoms with Crippen molar-refractivity contribution in [2.75, 3.05) is 4.90 Å². The molecular formula is C32H29ClFN3O2. The zero-order valence-electron chi connectivity index (χ0n) is 22.1. The van der Waals surface area contributed by atoms with Gasteiger partial charge in [0.25, 0.3) is 0 Å². The van der Waals surface area contributed by atoms with E-state index >= 15 is 0 Å². The molecule has 1 atom stereocenters. The number of anilines is 1. The Labute approximate surface area is 233 Å². The molecule has 3 aromatic carbocycles. The van der Waals surface area contributed by atoms with Gasteiger partial charge in [-0.25, -0.2) is 4.39 Å². The molecule has 39 heavy (non-hydrogen) atoms. The van der Waals surface area contributed by atoms with Crippen molar-refractivity contribution in [1.82, 2.24) is 0 Å². The fraction of sp³-hybridized carbons (Fsp3) is 0.250. The smallest absolute Gasteiger partial charge is 0.161 e. The van der Waals surface area contributed by atoms with Gasteiger partial charge in [0.2, 0.25) is 0 Å². The number of carbonyl (C=O) groups excluding carboxylic acids is 1. The highest BCUT2D eigenvalue weighted by atomic mass is 35.5. The average Bonchev–Trinajstić information content (AvgIpc) is 2.89. The second kappa shape index (κ2) is 10.6. The van der Waals surface area contributed by atoms with Gasteiger partial charge in [-0.1, -0.05) is 35.9 Å². The summed E-state index contributed by atoms with van der Waals surface area (Å²) in [6.07, 6.45) is 1.85. The third-order valence-corrected chi connectivity index (χ3v) is 7.78. The Morgan fingerprint density at radius 2 is 1.90 bits per heavy atom. The molecule has 1 heterocycles. The van der Waals surface area contributed by atoms with Crippen molar-refractivity contribution in [2.24, 2.45) is 5.73 Å². The molecule has 0 saturated heterocycles. The Kier molecular flexibility index (Phi) is 7.20. The summed E-state index contributed by atoms with van der Waals surface area (Å²) in [5, 5.41) is 10.6. The predicted octanol–water partition coefficient (Wildman–Crippen LogP) is 7.29. The lowest BCUT2D eigenvalue weighted by Crippen LogP contribution is -2.39. The first kappa shape index (κ1) is 26.5. The van der Waals surface area contributed by atoms with Crippen LogP contribution in [0.25, 0.3) is 0 Å². The van der Waals surface area contributed by atoms with Gasteiger partial charge in [0, 0.05) is 23.4 Å². The van der Waals surface area contributed by atoms with Crippen molar-refractivity contribution < 1.29 is 13.9 Å². The van der Waals surface area contributed by atoms with Crippen molar-refractivity contribution in [2.45, 2.75) is 52.6 Å². The molecule has 1 aliphatic heterocycles. The number of rotatable bonds is 5. The predicted molar refractivity (Wildman–Crippen MR) is 151 cm³/mol. The molecular weight excluding hydrogens is 513 g/mol. The molecule has 198 valence electrons. The first-order chi connectivity index (χ1) is 18.7. The summed E-state index contributed by atoms with van der Waals surface area (Å²) in [5.41, 5.74) is 14.2. The minimum absolute atomic E-state index is 0.0371. The molecule has 5 rings (SSSR count). The standard InChI is InChI=1S/C32H29ClFN3O2/c1-18-6-4-7-23(12-18)37-27-8-5-9-28(38)31(27)30(25(16-35)32(37)36)24-14-21(19(2)13-20(24)3)17-39-29-11-10-22(34)15-26(29)33/h4,6-7,10-15,30H,5,8-9,17,36H2,1-3H3. The molecule has 0 aromatic heterocycles. The summed E-state index contributed by atoms with van der Waals surface area (Å²) in [6.45, 7) is 6.15. The number of hydrogen-bond donors (Lipinski definition) is 1. The Hall–Kier alpha value is -4.08. The number of nitrogens with zero attached hydrogens (tertiary/aromatic N) is 2. The number of ketones is 1. The fourth-order valence-corrected chi connectivity index (χ4v) is 5.81. The third kappa shape index (κ3) is 4.91. The molecule has 5 nitrogen and oxygen atoms in total. The minimum atomic E-state index is -0.576. The van der Waals surface area contributed by atoms with E-state index in [4.69, 9.17) is 22.1 Å². The van der Waals surface area contributed by atoms with Crippen LogP contribution in [0.5, 0.6) is 5.75 Å². The van der Waals surface area contributed by atoms with Gasteiger partial charge in [0.05, 0.1) is 22.6 Å². The largest absolute Gasteiger partial charge is 0.487 e. The number of aryl methyl sites for hydroxylation is 3. The topological polar surface area (TPSA) is 79.3 Å². The molecule has 2 N–H and O–H groups in total. The number of nitriles is 1. The second-order valence-electron chi connectivity index (χ2n) is 10.2. The van der Waals surface area contributed by atoms with E-state index in [9.17, 15) is 14.4 Å². The van der Waals surface area contributed by atoms with E-state index in [0.29, 0.717) is 35.6 Å². The van der Waals surface area contributed by atoms with Gasteiger partial charge >= 0.3 is 0 Å². The summed E-state index contributed by atoms with van der Waals surface area (Å²) in [6, 6.07) is 18.3. The Morgan fingerprint density at radius 3 is 2.62 bits per heavy atom. The lowest BCUT2D eigenvalue weighted by Gasteiger charge is -2.40. The lowest BCUT2D eigenvalue weighted by molar-refractivity contribution is -0.116. The van der Waals surface area contributed by atoms with Gasteiger partial charge in [-0.2, -0.15) is 5.26 Å². The average molecular weight is 542 g/mol. The van der Waals surface area contributed by atoms with Crippen LogP contribution in [-0.2, 0) is 11.4 Å². The van der Waals surface area contributed by atoms with Gasteiger partial charge in [0.1, 0.15) is 24.0 Å². The van der Waals surface area contributed by atoms with Crippen LogP contribution in [0.2, 0.25) is 5.02 Å². The van der Waals surface area contributed by atoms with Crippen LogP contribution >= 0.6 is 11.6 Å². The fourth-order valence-electron chi connectivity index (χ4n) is 5.59. The van der Waals surface area contributed by atoms with Gasteiger partial charge < -0.3 is 10.5 Å². The SMILES string of the molecule is Cc1cccc(N2C(N)=C(C#N)C(c3cc(COc4ccc(F)cc4Cl)c(C)cc3C)C3=C2CCCC3=O)c1.